The van der Waals surface area contributed by atoms with Gasteiger partial charge in [0.2, 0.25) is 5.91 Å². The lowest BCUT2D eigenvalue weighted by Gasteiger charge is -2.05. The highest BCUT2D eigenvalue weighted by atomic mass is 16.1. The summed E-state index contributed by atoms with van der Waals surface area (Å²) in [6.45, 7) is 0. The number of primary amides is 1. The van der Waals surface area contributed by atoms with Crippen LogP contribution in [-0.4, -0.2) is 11.6 Å². The molecular formula is C14H10N6O. The number of amides is 1. The number of nitrogens with two attached hydrogens (primary N) is 2. The normalized spacial score (nSPS) is 26.0. The van der Waals surface area contributed by atoms with Gasteiger partial charge in [0.25, 0.3) is 0 Å². The Bertz CT molecular complexity index is 734. The van der Waals surface area contributed by atoms with Crippen molar-refractivity contribution in [2.24, 2.45) is 33.4 Å². The molecule has 1 aromatic rings. The van der Waals surface area contributed by atoms with Crippen LogP contribution in [0.4, 0.5) is 0 Å². The lowest BCUT2D eigenvalue weighted by Crippen LogP contribution is -2.29. The number of benzene rings is 1. The van der Waals surface area contributed by atoms with Gasteiger partial charge in [-0.3, -0.25) is 4.79 Å². The van der Waals surface area contributed by atoms with Crippen molar-refractivity contribution < 1.29 is 4.79 Å². The Balaban J connectivity index is 2.64. The molecule has 21 heavy (non-hydrogen) atoms. The molecule has 1 aliphatic rings. The molecule has 0 heterocycles. The van der Waals surface area contributed by atoms with E-state index in [-0.39, 0.29) is 5.71 Å². The van der Waals surface area contributed by atoms with Gasteiger partial charge in [-0.25, -0.2) is 0 Å². The second-order valence-corrected chi connectivity index (χ2v) is 4.63. The van der Waals surface area contributed by atoms with Crippen molar-refractivity contribution in [1.29, 1.82) is 15.8 Å². The fourth-order valence-electron chi connectivity index (χ4n) is 2.68. The molecule has 0 saturated heterocycles. The van der Waals surface area contributed by atoms with Gasteiger partial charge in [-0.15, -0.1) is 0 Å². The third kappa shape index (κ3) is 1.51. The monoisotopic (exact) mass is 278 g/mol. The van der Waals surface area contributed by atoms with Gasteiger partial charge in [0, 0.05) is 0 Å². The number of carbonyl (C=O) groups is 1. The highest BCUT2D eigenvalue weighted by Gasteiger charge is 2.85. The van der Waals surface area contributed by atoms with Crippen molar-refractivity contribution in [2.75, 3.05) is 0 Å². The third-order valence-corrected chi connectivity index (χ3v) is 3.80. The first-order chi connectivity index (χ1) is 10.1. The zero-order valence-corrected chi connectivity index (χ0v) is 10.8. The van der Waals surface area contributed by atoms with E-state index in [0.717, 1.165) is 0 Å². The van der Waals surface area contributed by atoms with Crippen LogP contribution in [0.5, 0.6) is 0 Å². The van der Waals surface area contributed by atoms with E-state index in [9.17, 15) is 20.6 Å². The van der Waals surface area contributed by atoms with Crippen LogP contribution in [-0.2, 0) is 4.79 Å². The molecule has 7 heteroatoms. The summed E-state index contributed by atoms with van der Waals surface area (Å²) in [5.74, 6) is 3.25. The molecule has 7 nitrogen and oxygen atoms in total. The van der Waals surface area contributed by atoms with Crippen LogP contribution in [0.3, 0.4) is 0 Å². The predicted octanol–water partition coefficient (Wildman–Crippen LogP) is 0.00804. The van der Waals surface area contributed by atoms with E-state index < -0.39 is 22.7 Å². The Kier molecular flexibility index (Phi) is 3.10. The van der Waals surface area contributed by atoms with E-state index in [4.69, 9.17) is 11.6 Å². The Morgan fingerprint density at radius 3 is 2.05 bits per heavy atom. The molecule has 1 aromatic carbocycles. The summed E-state index contributed by atoms with van der Waals surface area (Å²) in [5.41, 5.74) is 2.12. The summed E-state index contributed by atoms with van der Waals surface area (Å²) >= 11 is 0. The fraction of sp³-hybridized carbons (Fsp3) is 0.214. The number of nitrogens with zero attached hydrogens (tertiary/aromatic N) is 4. The van der Waals surface area contributed by atoms with Crippen molar-refractivity contribution >= 4 is 11.6 Å². The average molecular weight is 278 g/mol. The van der Waals surface area contributed by atoms with Gasteiger partial charge >= 0.3 is 0 Å². The fourth-order valence-corrected chi connectivity index (χ4v) is 2.68. The Labute approximate surface area is 120 Å². The summed E-state index contributed by atoms with van der Waals surface area (Å²) in [7, 11) is 0. The van der Waals surface area contributed by atoms with Gasteiger partial charge in [0.05, 0.1) is 29.8 Å². The summed E-state index contributed by atoms with van der Waals surface area (Å²) in [6.07, 6.45) is 0. The van der Waals surface area contributed by atoms with E-state index in [0.29, 0.717) is 5.56 Å². The molecule has 1 amide bonds. The minimum absolute atomic E-state index is 0.138. The average Bonchev–Trinajstić information content (AvgIpc) is 3.13. The number of nitriles is 3. The number of hydrogen-bond acceptors (Lipinski definition) is 6. The second-order valence-electron chi connectivity index (χ2n) is 4.63. The minimum atomic E-state index is -1.94. The molecule has 1 fully saturated rings. The number of carbonyl (C=O) groups excluding carboxylic acids is 1. The summed E-state index contributed by atoms with van der Waals surface area (Å²) in [5, 5.41) is 31.5. The molecule has 2 rings (SSSR count). The van der Waals surface area contributed by atoms with Gasteiger partial charge in [-0.05, 0) is 5.56 Å². The molecule has 2 atom stereocenters. The molecule has 0 radical (unpaired) electrons. The van der Waals surface area contributed by atoms with Gasteiger partial charge < -0.3 is 11.6 Å². The SMILES string of the molecule is N#CC1(C#N)[C@H](/C(=N\N)c2ccccc2)[C@@]1(C#N)C(N)=O. The predicted molar refractivity (Wildman–Crippen MR) is 71.6 cm³/mol. The standard InChI is InChI=1S/C14H10N6O/c15-6-13(7-16)11(14(13,8-17)12(18)21)10(20-19)9-4-2-1-3-5-9/h1-5,11H,19H2,(H2,18,21)/b20-10-/t11-,14-/m0/s1. The maximum absolute atomic E-state index is 11.7. The van der Waals surface area contributed by atoms with Crippen LogP contribution in [0, 0.1) is 50.7 Å². The molecular weight excluding hydrogens is 268 g/mol. The molecule has 0 aromatic heterocycles. The largest absolute Gasteiger partial charge is 0.368 e. The lowest BCUT2D eigenvalue weighted by molar-refractivity contribution is -0.121. The van der Waals surface area contributed by atoms with E-state index in [2.05, 4.69) is 5.10 Å². The maximum atomic E-state index is 11.7. The van der Waals surface area contributed by atoms with Gasteiger partial charge in [0.1, 0.15) is 0 Å². The van der Waals surface area contributed by atoms with Crippen molar-refractivity contribution in [1.82, 2.24) is 0 Å². The summed E-state index contributed by atoms with van der Waals surface area (Å²) in [4.78, 5) is 11.7. The summed E-state index contributed by atoms with van der Waals surface area (Å²) in [6, 6.07) is 13.7. The van der Waals surface area contributed by atoms with Crippen LogP contribution < -0.4 is 11.6 Å². The quantitative estimate of drug-likeness (QED) is 0.453. The van der Waals surface area contributed by atoms with Crippen molar-refractivity contribution in [3.05, 3.63) is 35.9 Å². The van der Waals surface area contributed by atoms with Crippen LogP contribution in [0.15, 0.2) is 35.4 Å². The molecule has 1 saturated carbocycles. The van der Waals surface area contributed by atoms with E-state index >= 15 is 0 Å². The van der Waals surface area contributed by atoms with E-state index in [1.807, 2.05) is 0 Å². The lowest BCUT2D eigenvalue weighted by atomic mass is 9.96. The number of hydrazone groups is 1. The van der Waals surface area contributed by atoms with Crippen LogP contribution in [0.1, 0.15) is 5.56 Å². The maximum Gasteiger partial charge on any atom is 0.241 e. The first-order valence-corrected chi connectivity index (χ1v) is 5.92. The van der Waals surface area contributed by atoms with Gasteiger partial charge in [-0.2, -0.15) is 20.9 Å². The molecule has 0 unspecified atom stereocenters. The number of rotatable bonds is 3. The summed E-state index contributed by atoms with van der Waals surface area (Å²) < 4.78 is 0. The van der Waals surface area contributed by atoms with Crippen molar-refractivity contribution in [3.63, 3.8) is 0 Å². The van der Waals surface area contributed by atoms with Gasteiger partial charge in [0.15, 0.2) is 10.8 Å². The number of hydrogen-bond donors (Lipinski definition) is 2. The highest BCUT2D eigenvalue weighted by Crippen LogP contribution is 2.69. The Hall–Kier alpha value is -3.37. The molecule has 102 valence electrons. The molecule has 0 aliphatic heterocycles. The van der Waals surface area contributed by atoms with Crippen LogP contribution >= 0.6 is 0 Å². The zero-order chi connectivity index (χ0) is 15.7. The molecule has 1 aliphatic carbocycles. The van der Waals surface area contributed by atoms with E-state index in [1.165, 1.54) is 0 Å². The molecule has 0 spiro atoms. The first kappa shape index (κ1) is 14.0. The Morgan fingerprint density at radius 1 is 1.14 bits per heavy atom. The molecule has 4 N–H and O–H groups in total. The minimum Gasteiger partial charge on any atom is -0.368 e. The van der Waals surface area contributed by atoms with Crippen LogP contribution in [0.2, 0.25) is 0 Å². The topological polar surface area (TPSA) is 153 Å². The highest BCUT2D eigenvalue weighted by molar-refractivity contribution is 6.12. The van der Waals surface area contributed by atoms with Gasteiger partial charge in [-0.1, -0.05) is 30.3 Å². The zero-order valence-electron chi connectivity index (χ0n) is 10.8. The van der Waals surface area contributed by atoms with E-state index in [1.54, 1.807) is 48.5 Å². The second kappa shape index (κ2) is 4.63. The van der Waals surface area contributed by atoms with Crippen molar-refractivity contribution in [3.8, 4) is 18.2 Å². The van der Waals surface area contributed by atoms with Crippen LogP contribution in [0.25, 0.3) is 0 Å². The first-order valence-electron chi connectivity index (χ1n) is 5.92. The molecule has 0 bridgehead atoms. The van der Waals surface area contributed by atoms with Crippen molar-refractivity contribution in [2.45, 2.75) is 0 Å². The Morgan fingerprint density at radius 2 is 1.71 bits per heavy atom. The smallest absolute Gasteiger partial charge is 0.241 e. The third-order valence-electron chi connectivity index (χ3n) is 3.80.